The van der Waals surface area contributed by atoms with Crippen LogP contribution in [0.1, 0.15) is 11.6 Å². The van der Waals surface area contributed by atoms with Gasteiger partial charge in [0.05, 0.1) is 22.7 Å². The number of aromatic amines is 1. The molecule has 1 fully saturated rings. The molecule has 5 rings (SSSR count). The smallest absolute Gasteiger partial charge is 0.271 e. The first-order chi connectivity index (χ1) is 13.0. The van der Waals surface area contributed by atoms with Gasteiger partial charge < -0.3 is 10.1 Å². The van der Waals surface area contributed by atoms with Crippen LogP contribution in [-0.2, 0) is 0 Å². The minimum atomic E-state index is -0.500. The van der Waals surface area contributed by atoms with E-state index in [1.54, 1.807) is 4.57 Å². The van der Waals surface area contributed by atoms with Crippen LogP contribution in [0.5, 0.6) is 5.75 Å². The highest BCUT2D eigenvalue weighted by Crippen LogP contribution is 2.41. The van der Waals surface area contributed by atoms with Crippen LogP contribution in [0.25, 0.3) is 26.8 Å². The van der Waals surface area contributed by atoms with Crippen molar-refractivity contribution in [1.82, 2.24) is 19.2 Å². The molecule has 0 amide bonds. The second kappa shape index (κ2) is 5.75. The minimum absolute atomic E-state index is 0.0325. The summed E-state index contributed by atoms with van der Waals surface area (Å²) in [7, 11) is 1.94. The number of likely N-dealkylation sites (N-methyl/N-ethyl adjacent to an activating group) is 1. The second-order valence-electron chi connectivity index (χ2n) is 6.93. The number of piperazine rings is 1. The van der Waals surface area contributed by atoms with Gasteiger partial charge in [-0.3, -0.25) is 23.4 Å². The molecule has 1 unspecified atom stereocenters. The number of hydrogen-bond acceptors (Lipinski definition) is 6. The van der Waals surface area contributed by atoms with E-state index >= 15 is 4.39 Å². The lowest BCUT2D eigenvalue weighted by Crippen LogP contribution is -2.44. The van der Waals surface area contributed by atoms with E-state index < -0.39 is 16.8 Å². The number of fused-ring (bicyclic) bond motifs is 2. The number of hydrogen-bond donors (Lipinski definition) is 2. The third-order valence-electron chi connectivity index (χ3n) is 5.37. The SMILES string of the molecule is C=C1COc2c(C3CNCCN3C)c(F)cc3c(=O)c4c(=O)[nH]sc4n1c23. The Morgan fingerprint density at radius 2 is 2.22 bits per heavy atom. The monoisotopic (exact) mass is 388 g/mol. The fourth-order valence-electron chi connectivity index (χ4n) is 4.02. The Morgan fingerprint density at radius 1 is 1.41 bits per heavy atom. The van der Waals surface area contributed by atoms with Crippen molar-refractivity contribution in [2.24, 2.45) is 0 Å². The molecule has 1 aromatic carbocycles. The number of nitrogens with zero attached hydrogens (tertiary/aromatic N) is 2. The molecule has 0 bridgehead atoms. The average Bonchev–Trinajstić information content (AvgIpc) is 3.03. The van der Waals surface area contributed by atoms with Crippen molar-refractivity contribution in [2.45, 2.75) is 6.04 Å². The molecular weight excluding hydrogens is 371 g/mol. The zero-order chi connectivity index (χ0) is 18.9. The molecule has 2 aromatic heterocycles. The topological polar surface area (TPSA) is 79.4 Å². The van der Waals surface area contributed by atoms with Crippen LogP contribution in [0.15, 0.2) is 22.2 Å². The molecule has 7 nitrogen and oxygen atoms in total. The first-order valence-corrected chi connectivity index (χ1v) is 9.45. The summed E-state index contributed by atoms with van der Waals surface area (Å²) in [6, 6.07) is 1.02. The number of halogens is 1. The van der Waals surface area contributed by atoms with Gasteiger partial charge in [-0.25, -0.2) is 4.39 Å². The van der Waals surface area contributed by atoms with Gasteiger partial charge in [0, 0.05) is 19.6 Å². The van der Waals surface area contributed by atoms with Crippen molar-refractivity contribution in [1.29, 1.82) is 0 Å². The Hall–Kier alpha value is -2.49. The number of benzene rings is 1. The maximum atomic E-state index is 15.2. The lowest BCUT2D eigenvalue weighted by atomic mass is 9.98. The Kier molecular flexibility index (Phi) is 3.55. The fourth-order valence-corrected chi connectivity index (χ4v) is 4.91. The van der Waals surface area contributed by atoms with Crippen LogP contribution < -0.4 is 21.0 Å². The lowest BCUT2D eigenvalue weighted by molar-refractivity contribution is 0.192. The van der Waals surface area contributed by atoms with Gasteiger partial charge >= 0.3 is 0 Å². The Bertz CT molecular complexity index is 1240. The van der Waals surface area contributed by atoms with E-state index in [9.17, 15) is 9.59 Å². The largest absolute Gasteiger partial charge is 0.485 e. The highest BCUT2D eigenvalue weighted by Gasteiger charge is 2.33. The molecule has 0 radical (unpaired) electrons. The predicted octanol–water partition coefficient (Wildman–Crippen LogP) is 1.48. The molecule has 1 atom stereocenters. The molecule has 27 heavy (non-hydrogen) atoms. The molecule has 0 aliphatic carbocycles. The zero-order valence-electron chi connectivity index (χ0n) is 14.6. The van der Waals surface area contributed by atoms with E-state index in [4.69, 9.17) is 4.74 Å². The van der Waals surface area contributed by atoms with E-state index in [0.717, 1.165) is 24.6 Å². The zero-order valence-corrected chi connectivity index (χ0v) is 15.4. The molecule has 2 aliphatic heterocycles. The number of ether oxygens (including phenoxy) is 1. The van der Waals surface area contributed by atoms with Gasteiger partial charge in [0.1, 0.15) is 28.2 Å². The molecule has 4 heterocycles. The average molecular weight is 388 g/mol. The quantitative estimate of drug-likeness (QED) is 0.660. The van der Waals surface area contributed by atoms with Crippen LogP contribution in [0.3, 0.4) is 0 Å². The number of rotatable bonds is 1. The molecule has 2 aliphatic rings. The highest BCUT2D eigenvalue weighted by molar-refractivity contribution is 7.12. The van der Waals surface area contributed by atoms with Gasteiger partial charge in [-0.15, -0.1) is 0 Å². The van der Waals surface area contributed by atoms with Crippen molar-refractivity contribution >= 4 is 38.3 Å². The molecular formula is C18H17FN4O3S. The van der Waals surface area contributed by atoms with Gasteiger partial charge in [-0.05, 0) is 24.6 Å². The predicted molar refractivity (Wildman–Crippen MR) is 103 cm³/mol. The molecule has 1 saturated heterocycles. The highest BCUT2D eigenvalue weighted by atomic mass is 32.1. The van der Waals surface area contributed by atoms with Crippen LogP contribution in [0.4, 0.5) is 4.39 Å². The molecule has 0 saturated carbocycles. The lowest BCUT2D eigenvalue weighted by Gasteiger charge is -2.35. The maximum absolute atomic E-state index is 15.2. The van der Waals surface area contributed by atoms with Crippen LogP contribution in [0, 0.1) is 5.82 Å². The third kappa shape index (κ3) is 2.19. The summed E-state index contributed by atoms with van der Waals surface area (Å²) in [6.45, 7) is 6.37. The van der Waals surface area contributed by atoms with Crippen molar-refractivity contribution in [3.63, 3.8) is 0 Å². The third-order valence-corrected chi connectivity index (χ3v) is 6.23. The minimum Gasteiger partial charge on any atom is -0.485 e. The van der Waals surface area contributed by atoms with Gasteiger partial charge in [0.15, 0.2) is 5.75 Å². The number of H-pyrrole nitrogens is 1. The summed E-state index contributed by atoms with van der Waals surface area (Å²) in [5.74, 6) is -0.141. The van der Waals surface area contributed by atoms with Crippen molar-refractivity contribution in [3.05, 3.63) is 44.6 Å². The Balaban J connectivity index is 1.96. The number of pyridine rings is 1. The summed E-state index contributed by atoms with van der Waals surface area (Å²) in [5, 5.41) is 3.45. The summed E-state index contributed by atoms with van der Waals surface area (Å²) in [4.78, 5) is 27.6. The summed E-state index contributed by atoms with van der Waals surface area (Å²) < 4.78 is 25.4. The molecule has 140 valence electrons. The molecule has 9 heteroatoms. The van der Waals surface area contributed by atoms with Gasteiger partial charge in [-0.1, -0.05) is 6.58 Å². The molecule has 3 aromatic rings. The number of nitrogens with one attached hydrogen (secondary N) is 2. The first kappa shape index (κ1) is 16.7. The summed E-state index contributed by atoms with van der Waals surface area (Å²) in [6.07, 6.45) is 0. The first-order valence-electron chi connectivity index (χ1n) is 8.63. The van der Waals surface area contributed by atoms with E-state index in [1.165, 1.54) is 6.07 Å². The van der Waals surface area contributed by atoms with E-state index in [-0.39, 0.29) is 23.4 Å². The summed E-state index contributed by atoms with van der Waals surface area (Å²) in [5.41, 5.74) is 0.556. The standard InChI is InChI=1S/C18H17FN4O3S/c1-8-7-26-16-12(11-6-20-3-4-22(11)2)10(19)5-9-14(16)23(8)18-13(15(9)24)17(25)21-27-18/h5,11,20H,1,3-4,6-7H2,2H3,(H,21,25). The van der Waals surface area contributed by atoms with Gasteiger partial charge in [-0.2, -0.15) is 0 Å². The normalized spacial score (nSPS) is 20.4. The van der Waals surface area contributed by atoms with E-state index in [0.29, 0.717) is 33.9 Å². The number of aromatic nitrogens is 2. The second-order valence-corrected chi connectivity index (χ2v) is 7.73. The fraction of sp³-hybridized carbons (Fsp3) is 0.333. The van der Waals surface area contributed by atoms with Crippen LogP contribution >= 0.6 is 11.5 Å². The summed E-state index contributed by atoms with van der Waals surface area (Å²) >= 11 is 1.08. The maximum Gasteiger partial charge on any atom is 0.271 e. The van der Waals surface area contributed by atoms with Crippen LogP contribution in [0.2, 0.25) is 0 Å². The molecule has 0 spiro atoms. The van der Waals surface area contributed by atoms with Crippen molar-refractivity contribution < 1.29 is 9.13 Å². The Morgan fingerprint density at radius 3 is 3.00 bits per heavy atom. The van der Waals surface area contributed by atoms with Crippen molar-refractivity contribution in [3.8, 4) is 5.75 Å². The van der Waals surface area contributed by atoms with Crippen LogP contribution in [-0.4, -0.2) is 47.1 Å². The van der Waals surface area contributed by atoms with Gasteiger partial charge in [0.2, 0.25) is 5.43 Å². The van der Waals surface area contributed by atoms with E-state index in [2.05, 4.69) is 21.2 Å². The Labute approximate surface area is 156 Å². The molecule has 2 N–H and O–H groups in total. The van der Waals surface area contributed by atoms with E-state index in [1.807, 2.05) is 7.05 Å². The van der Waals surface area contributed by atoms with Crippen molar-refractivity contribution in [2.75, 3.05) is 33.3 Å². The van der Waals surface area contributed by atoms with Gasteiger partial charge in [0.25, 0.3) is 5.56 Å².